The summed E-state index contributed by atoms with van der Waals surface area (Å²) in [5.74, 6) is -0.231. The fourth-order valence-corrected chi connectivity index (χ4v) is 1.56. The summed E-state index contributed by atoms with van der Waals surface area (Å²) in [6, 6.07) is 0. The van der Waals surface area contributed by atoms with E-state index in [0.29, 0.717) is 5.70 Å². The molecule has 0 spiro atoms. The van der Waals surface area contributed by atoms with E-state index in [0.717, 1.165) is 18.8 Å². The molecule has 1 N–H and O–H groups in total. The highest BCUT2D eigenvalue weighted by Crippen LogP contribution is 2.15. The molecule has 1 aliphatic heterocycles. The van der Waals surface area contributed by atoms with Gasteiger partial charge in [0.2, 0.25) is 0 Å². The van der Waals surface area contributed by atoms with Crippen LogP contribution in [-0.4, -0.2) is 37.7 Å². The van der Waals surface area contributed by atoms with Crippen molar-refractivity contribution >= 4 is 12.6 Å². The number of aliphatic imine (C=N–C) groups is 1. The third kappa shape index (κ3) is 2.94. The summed E-state index contributed by atoms with van der Waals surface area (Å²) in [4.78, 5) is 17.1. The van der Waals surface area contributed by atoms with Crippen molar-refractivity contribution in [1.82, 2.24) is 10.2 Å². The zero-order chi connectivity index (χ0) is 11.3. The van der Waals surface area contributed by atoms with Crippen LogP contribution in [0.2, 0.25) is 0 Å². The number of carbonyl (C=O) groups is 1. The lowest BCUT2D eigenvalue weighted by Crippen LogP contribution is -2.21. The fraction of sp³-hybridized carbons (Fsp3) is 0.455. The predicted octanol–water partition coefficient (Wildman–Crippen LogP) is 0.926. The molecule has 0 bridgehead atoms. The Balaban J connectivity index is 2.69. The maximum absolute atomic E-state index is 11.3. The quantitative estimate of drug-likeness (QED) is 0.423. The molecule has 0 radical (unpaired) electrons. The van der Waals surface area contributed by atoms with Gasteiger partial charge in [0.05, 0.1) is 0 Å². The smallest absolute Gasteiger partial charge is 0.269 e. The number of hydrogen-bond acceptors (Lipinski definition) is 3. The predicted molar refractivity (Wildman–Crippen MR) is 61.6 cm³/mol. The van der Waals surface area contributed by atoms with Crippen molar-refractivity contribution in [1.29, 1.82) is 0 Å². The molecule has 0 atom stereocenters. The number of allylic oxidation sites excluding steroid dienone is 1. The number of nitrogens with one attached hydrogen (secondary N) is 1. The van der Waals surface area contributed by atoms with Gasteiger partial charge < -0.3 is 10.2 Å². The molecule has 0 aromatic heterocycles. The van der Waals surface area contributed by atoms with Gasteiger partial charge in [-0.1, -0.05) is 6.58 Å². The van der Waals surface area contributed by atoms with Gasteiger partial charge in [0.15, 0.2) is 0 Å². The summed E-state index contributed by atoms with van der Waals surface area (Å²) in [6.45, 7) is 9.31. The third-order valence-corrected chi connectivity index (χ3v) is 2.45. The second kappa shape index (κ2) is 5.34. The summed E-state index contributed by atoms with van der Waals surface area (Å²) >= 11 is 0. The zero-order valence-corrected chi connectivity index (χ0v) is 9.12. The Morgan fingerprint density at radius 1 is 1.47 bits per heavy atom. The molecule has 0 aliphatic carbocycles. The van der Waals surface area contributed by atoms with Crippen molar-refractivity contribution in [3.63, 3.8) is 0 Å². The van der Waals surface area contributed by atoms with Crippen LogP contribution in [0.3, 0.4) is 0 Å². The van der Waals surface area contributed by atoms with Crippen LogP contribution < -0.4 is 5.32 Å². The number of rotatable bonds is 4. The first-order valence-electron chi connectivity index (χ1n) is 5.03. The average Bonchev–Trinajstić information content (AvgIpc) is 2.77. The Morgan fingerprint density at radius 3 is 2.53 bits per heavy atom. The number of likely N-dealkylation sites (N-methyl/N-ethyl adjacent to an activating group) is 1. The molecule has 0 unspecified atom stereocenters. The Bertz CT molecular complexity index is 301. The van der Waals surface area contributed by atoms with Crippen LogP contribution in [0.5, 0.6) is 0 Å². The van der Waals surface area contributed by atoms with Crippen LogP contribution in [-0.2, 0) is 4.79 Å². The maximum atomic E-state index is 11.3. The summed E-state index contributed by atoms with van der Waals surface area (Å²) in [5.41, 5.74) is 1.15. The number of likely N-dealkylation sites (tertiary alicyclic amines) is 1. The van der Waals surface area contributed by atoms with Crippen molar-refractivity contribution in [3.8, 4) is 0 Å². The highest BCUT2D eigenvalue weighted by molar-refractivity contribution is 5.93. The molecule has 0 saturated carbocycles. The van der Waals surface area contributed by atoms with Crippen LogP contribution in [0, 0.1) is 0 Å². The number of nitrogens with zero attached hydrogens (tertiary/aromatic N) is 2. The molecule has 82 valence electrons. The fourth-order valence-electron chi connectivity index (χ4n) is 1.56. The van der Waals surface area contributed by atoms with Crippen molar-refractivity contribution in [2.45, 2.75) is 12.8 Å². The van der Waals surface area contributed by atoms with Gasteiger partial charge in [-0.3, -0.25) is 9.79 Å². The minimum atomic E-state index is -0.231. The minimum Gasteiger partial charge on any atom is -0.372 e. The van der Waals surface area contributed by atoms with Gasteiger partial charge in [0.25, 0.3) is 5.91 Å². The standard InChI is InChI=1S/C11H17N3O/c1-9(14-6-4-5-7-14)8-10(12-2)11(15)13-3/h8H,1-2,4-7H2,3H3,(H,13,15)/b10-8-. The van der Waals surface area contributed by atoms with Crippen LogP contribution in [0.15, 0.2) is 29.0 Å². The Morgan fingerprint density at radius 2 is 2.07 bits per heavy atom. The molecule has 15 heavy (non-hydrogen) atoms. The molecule has 1 amide bonds. The van der Waals surface area contributed by atoms with Gasteiger partial charge in [-0.15, -0.1) is 0 Å². The van der Waals surface area contributed by atoms with E-state index in [-0.39, 0.29) is 5.91 Å². The molecule has 1 rings (SSSR count). The normalized spacial score (nSPS) is 16.3. The highest BCUT2D eigenvalue weighted by Gasteiger charge is 2.13. The molecule has 1 heterocycles. The van der Waals surface area contributed by atoms with Crippen molar-refractivity contribution in [2.75, 3.05) is 20.1 Å². The molecular formula is C11H17N3O. The molecule has 1 saturated heterocycles. The number of hydrogen-bond donors (Lipinski definition) is 1. The lowest BCUT2D eigenvalue weighted by molar-refractivity contribution is -0.117. The zero-order valence-electron chi connectivity index (χ0n) is 9.12. The first-order valence-corrected chi connectivity index (χ1v) is 5.03. The van der Waals surface area contributed by atoms with E-state index in [9.17, 15) is 4.79 Å². The summed E-state index contributed by atoms with van der Waals surface area (Å²) in [5, 5.41) is 2.51. The lowest BCUT2D eigenvalue weighted by Gasteiger charge is -2.17. The third-order valence-electron chi connectivity index (χ3n) is 2.45. The second-order valence-corrected chi connectivity index (χ2v) is 3.45. The van der Waals surface area contributed by atoms with E-state index < -0.39 is 0 Å². The number of amides is 1. The molecule has 0 aromatic rings. The summed E-state index contributed by atoms with van der Waals surface area (Å²) < 4.78 is 0. The topological polar surface area (TPSA) is 44.7 Å². The van der Waals surface area contributed by atoms with E-state index in [1.54, 1.807) is 13.1 Å². The Kier molecular flexibility index (Phi) is 4.09. The van der Waals surface area contributed by atoms with E-state index in [1.807, 2.05) is 0 Å². The van der Waals surface area contributed by atoms with Gasteiger partial charge in [0.1, 0.15) is 5.70 Å². The van der Waals surface area contributed by atoms with Gasteiger partial charge in [-0.25, -0.2) is 0 Å². The van der Waals surface area contributed by atoms with Crippen LogP contribution in [0.4, 0.5) is 0 Å². The minimum absolute atomic E-state index is 0.231. The summed E-state index contributed by atoms with van der Waals surface area (Å²) in [7, 11) is 1.57. The molecule has 1 aliphatic rings. The van der Waals surface area contributed by atoms with Crippen LogP contribution in [0.1, 0.15) is 12.8 Å². The summed E-state index contributed by atoms with van der Waals surface area (Å²) in [6.07, 6.45) is 4.05. The molecule has 0 aromatic carbocycles. The first-order chi connectivity index (χ1) is 7.19. The molecule has 4 nitrogen and oxygen atoms in total. The van der Waals surface area contributed by atoms with Crippen LogP contribution in [0.25, 0.3) is 0 Å². The van der Waals surface area contributed by atoms with Crippen molar-refractivity contribution < 1.29 is 4.79 Å². The van der Waals surface area contributed by atoms with E-state index in [1.165, 1.54) is 12.8 Å². The monoisotopic (exact) mass is 207 g/mol. The van der Waals surface area contributed by atoms with Crippen molar-refractivity contribution in [3.05, 3.63) is 24.0 Å². The molecular weight excluding hydrogens is 190 g/mol. The second-order valence-electron chi connectivity index (χ2n) is 3.45. The molecule has 4 heteroatoms. The Hall–Kier alpha value is -1.58. The van der Waals surface area contributed by atoms with Crippen molar-refractivity contribution in [2.24, 2.45) is 4.99 Å². The molecule has 1 fully saturated rings. The van der Waals surface area contributed by atoms with E-state index >= 15 is 0 Å². The van der Waals surface area contributed by atoms with Gasteiger partial charge >= 0.3 is 0 Å². The van der Waals surface area contributed by atoms with E-state index in [4.69, 9.17) is 0 Å². The maximum Gasteiger partial charge on any atom is 0.269 e. The lowest BCUT2D eigenvalue weighted by atomic mass is 10.3. The van der Waals surface area contributed by atoms with Gasteiger partial charge in [-0.2, -0.15) is 0 Å². The first kappa shape index (κ1) is 11.5. The SMILES string of the molecule is C=N/C(=C\C(=C)N1CCCC1)C(=O)NC. The van der Waals surface area contributed by atoms with E-state index in [2.05, 4.69) is 28.5 Å². The highest BCUT2D eigenvalue weighted by atomic mass is 16.1. The van der Waals surface area contributed by atoms with Gasteiger partial charge in [0, 0.05) is 25.8 Å². The number of carbonyl (C=O) groups excluding carboxylic acids is 1. The van der Waals surface area contributed by atoms with Crippen LogP contribution >= 0.6 is 0 Å². The largest absolute Gasteiger partial charge is 0.372 e. The van der Waals surface area contributed by atoms with Gasteiger partial charge in [-0.05, 0) is 25.6 Å². The Labute approximate surface area is 90.4 Å². The average molecular weight is 207 g/mol.